The van der Waals surface area contributed by atoms with Crippen LogP contribution in [0.15, 0.2) is 0 Å². The Morgan fingerprint density at radius 1 is 1.33 bits per heavy atom. The van der Waals surface area contributed by atoms with E-state index in [1.165, 1.54) is 0 Å². The zero-order valence-corrected chi connectivity index (χ0v) is 14.4. The molecule has 0 bridgehead atoms. The average Bonchev–Trinajstić information content (AvgIpc) is 2.92. The maximum atomic E-state index is 12.1. The highest BCUT2D eigenvalue weighted by Crippen LogP contribution is 2.22. The zero-order chi connectivity index (χ0) is 14.8. The van der Waals surface area contributed by atoms with Crippen molar-refractivity contribution in [2.24, 2.45) is 0 Å². The predicted octanol–water partition coefficient (Wildman–Crippen LogP) is 0.462. The second-order valence-corrected chi connectivity index (χ2v) is 5.66. The maximum absolute atomic E-state index is 12.1. The Balaban J connectivity index is 0.00000400. The molecule has 21 heavy (non-hydrogen) atoms. The number of nitrogens with zero attached hydrogens (tertiary/aromatic N) is 1. The Hall–Kier alpha value is -0.500. The van der Waals surface area contributed by atoms with Crippen LogP contribution in [0.5, 0.6) is 0 Å². The standard InChI is InChI=1S/C13H25N3O3S.ClH/c1-3-4-12(17)16-10-20-9-11(16)13(18)15-6-5-14-7-8-19-2;/h11,14H,3-10H2,1-2H3,(H,15,18);1H. The van der Waals surface area contributed by atoms with E-state index in [1.807, 2.05) is 6.92 Å². The number of halogens is 1. The van der Waals surface area contributed by atoms with Gasteiger partial charge in [0.1, 0.15) is 6.04 Å². The van der Waals surface area contributed by atoms with Crippen molar-refractivity contribution >= 4 is 36.0 Å². The minimum Gasteiger partial charge on any atom is -0.383 e. The first-order valence-electron chi connectivity index (χ1n) is 7.05. The summed E-state index contributed by atoms with van der Waals surface area (Å²) in [7, 11) is 1.66. The summed E-state index contributed by atoms with van der Waals surface area (Å²) in [6, 6.07) is -0.307. The van der Waals surface area contributed by atoms with Crippen molar-refractivity contribution in [2.45, 2.75) is 25.8 Å². The van der Waals surface area contributed by atoms with E-state index in [-0.39, 0.29) is 30.3 Å². The van der Waals surface area contributed by atoms with Gasteiger partial charge in [-0.3, -0.25) is 9.59 Å². The minimum atomic E-state index is -0.307. The molecule has 0 aromatic heterocycles. The van der Waals surface area contributed by atoms with Crippen LogP contribution in [0.2, 0.25) is 0 Å². The normalized spacial score (nSPS) is 17.4. The van der Waals surface area contributed by atoms with E-state index in [0.29, 0.717) is 37.7 Å². The van der Waals surface area contributed by atoms with E-state index < -0.39 is 0 Å². The van der Waals surface area contributed by atoms with Gasteiger partial charge >= 0.3 is 0 Å². The van der Waals surface area contributed by atoms with Gasteiger partial charge in [-0.15, -0.1) is 24.2 Å². The largest absolute Gasteiger partial charge is 0.383 e. The van der Waals surface area contributed by atoms with Crippen LogP contribution in [0.4, 0.5) is 0 Å². The number of methoxy groups -OCH3 is 1. The molecular weight excluding hydrogens is 314 g/mol. The lowest BCUT2D eigenvalue weighted by Gasteiger charge is -2.23. The summed E-state index contributed by atoms with van der Waals surface area (Å²) in [6.07, 6.45) is 1.33. The lowest BCUT2D eigenvalue weighted by molar-refractivity contribution is -0.138. The molecule has 0 radical (unpaired) electrons. The van der Waals surface area contributed by atoms with E-state index in [9.17, 15) is 9.59 Å². The maximum Gasteiger partial charge on any atom is 0.243 e. The van der Waals surface area contributed by atoms with Crippen molar-refractivity contribution in [3.8, 4) is 0 Å². The summed E-state index contributed by atoms with van der Waals surface area (Å²) in [6.45, 7) is 4.68. The summed E-state index contributed by atoms with van der Waals surface area (Å²) in [5.74, 6) is 1.35. The van der Waals surface area contributed by atoms with Gasteiger partial charge in [0.2, 0.25) is 11.8 Å². The monoisotopic (exact) mass is 339 g/mol. The molecule has 1 rings (SSSR count). The topological polar surface area (TPSA) is 70.7 Å². The van der Waals surface area contributed by atoms with Crippen LogP contribution in [-0.2, 0) is 14.3 Å². The molecule has 1 aliphatic rings. The smallest absolute Gasteiger partial charge is 0.243 e. The molecular formula is C13H26ClN3O3S. The SMILES string of the molecule is CCCC(=O)N1CSCC1C(=O)NCCNCCOC.Cl. The first-order valence-corrected chi connectivity index (χ1v) is 8.20. The molecule has 124 valence electrons. The molecule has 2 amide bonds. The summed E-state index contributed by atoms with van der Waals surface area (Å²) < 4.78 is 4.92. The first-order chi connectivity index (χ1) is 9.70. The number of amides is 2. The van der Waals surface area contributed by atoms with E-state index in [0.717, 1.165) is 13.0 Å². The number of hydrogen-bond donors (Lipinski definition) is 2. The van der Waals surface area contributed by atoms with Crippen molar-refractivity contribution in [1.82, 2.24) is 15.5 Å². The predicted molar refractivity (Wildman–Crippen MR) is 87.9 cm³/mol. The van der Waals surface area contributed by atoms with Gasteiger partial charge < -0.3 is 20.3 Å². The van der Waals surface area contributed by atoms with Crippen molar-refractivity contribution in [3.05, 3.63) is 0 Å². The second-order valence-electron chi connectivity index (χ2n) is 4.66. The van der Waals surface area contributed by atoms with Gasteiger partial charge in [0, 0.05) is 38.9 Å². The lowest BCUT2D eigenvalue weighted by Crippen LogP contribution is -2.48. The summed E-state index contributed by atoms with van der Waals surface area (Å²) in [5, 5.41) is 6.04. The van der Waals surface area contributed by atoms with Gasteiger partial charge in [-0.05, 0) is 6.42 Å². The Kier molecular flexibility index (Phi) is 11.8. The summed E-state index contributed by atoms with van der Waals surface area (Å²) in [4.78, 5) is 25.7. The van der Waals surface area contributed by atoms with E-state index >= 15 is 0 Å². The number of nitrogens with one attached hydrogen (secondary N) is 2. The molecule has 8 heteroatoms. The van der Waals surface area contributed by atoms with Crippen molar-refractivity contribution in [3.63, 3.8) is 0 Å². The fourth-order valence-corrected chi connectivity index (χ4v) is 3.13. The van der Waals surface area contributed by atoms with Crippen LogP contribution < -0.4 is 10.6 Å². The summed E-state index contributed by atoms with van der Waals surface area (Å²) >= 11 is 1.64. The Morgan fingerprint density at radius 2 is 2.10 bits per heavy atom. The van der Waals surface area contributed by atoms with Crippen LogP contribution in [-0.4, -0.2) is 67.7 Å². The van der Waals surface area contributed by atoms with Crippen molar-refractivity contribution in [1.29, 1.82) is 0 Å². The van der Waals surface area contributed by atoms with E-state index in [4.69, 9.17) is 4.74 Å². The quantitative estimate of drug-likeness (QED) is 0.597. The molecule has 0 saturated carbocycles. The van der Waals surface area contributed by atoms with Crippen LogP contribution in [0.1, 0.15) is 19.8 Å². The van der Waals surface area contributed by atoms with Gasteiger partial charge in [0.25, 0.3) is 0 Å². The number of hydrogen-bond acceptors (Lipinski definition) is 5. The molecule has 0 spiro atoms. The van der Waals surface area contributed by atoms with Crippen LogP contribution in [0.3, 0.4) is 0 Å². The molecule has 0 aromatic rings. The Labute approximate surface area is 137 Å². The van der Waals surface area contributed by atoms with Crippen LogP contribution in [0, 0.1) is 0 Å². The van der Waals surface area contributed by atoms with E-state index in [1.54, 1.807) is 23.8 Å². The highest BCUT2D eigenvalue weighted by molar-refractivity contribution is 7.99. The number of carbonyl (C=O) groups excluding carboxylic acids is 2. The van der Waals surface area contributed by atoms with Gasteiger partial charge in [-0.1, -0.05) is 6.92 Å². The van der Waals surface area contributed by atoms with E-state index in [2.05, 4.69) is 10.6 Å². The second kappa shape index (κ2) is 12.1. The molecule has 1 atom stereocenters. The fourth-order valence-electron chi connectivity index (χ4n) is 1.95. The number of carbonyl (C=O) groups is 2. The van der Waals surface area contributed by atoms with Crippen LogP contribution >= 0.6 is 24.2 Å². The third-order valence-electron chi connectivity index (χ3n) is 3.05. The van der Waals surface area contributed by atoms with Gasteiger partial charge in [0.15, 0.2) is 0 Å². The van der Waals surface area contributed by atoms with Gasteiger partial charge in [-0.2, -0.15) is 0 Å². The molecule has 0 aromatic carbocycles. The van der Waals surface area contributed by atoms with Crippen LogP contribution in [0.25, 0.3) is 0 Å². The highest BCUT2D eigenvalue weighted by Gasteiger charge is 2.33. The third kappa shape index (κ3) is 7.35. The highest BCUT2D eigenvalue weighted by atomic mass is 35.5. The molecule has 1 saturated heterocycles. The van der Waals surface area contributed by atoms with Crippen molar-refractivity contribution < 1.29 is 14.3 Å². The molecule has 1 fully saturated rings. The van der Waals surface area contributed by atoms with Gasteiger partial charge in [0.05, 0.1) is 12.5 Å². The summed E-state index contributed by atoms with van der Waals surface area (Å²) in [5.41, 5.74) is 0. The molecule has 1 aliphatic heterocycles. The molecule has 1 unspecified atom stereocenters. The Morgan fingerprint density at radius 3 is 2.76 bits per heavy atom. The third-order valence-corrected chi connectivity index (χ3v) is 4.07. The molecule has 0 aliphatic carbocycles. The first kappa shape index (κ1) is 20.5. The number of ether oxygens (including phenoxy) is 1. The number of thioether (sulfide) groups is 1. The average molecular weight is 340 g/mol. The number of rotatable bonds is 9. The fraction of sp³-hybridized carbons (Fsp3) is 0.846. The zero-order valence-electron chi connectivity index (χ0n) is 12.7. The molecule has 2 N–H and O–H groups in total. The van der Waals surface area contributed by atoms with Gasteiger partial charge in [-0.25, -0.2) is 0 Å². The molecule has 1 heterocycles. The minimum absolute atomic E-state index is 0. The molecule has 6 nitrogen and oxygen atoms in total. The Bertz CT molecular complexity index is 321. The lowest BCUT2D eigenvalue weighted by atomic mass is 10.2. The van der Waals surface area contributed by atoms with Crippen molar-refractivity contribution in [2.75, 3.05) is 45.0 Å².